The zero-order valence-electron chi connectivity index (χ0n) is 14.8. The van der Waals surface area contributed by atoms with Gasteiger partial charge in [0.2, 0.25) is 5.91 Å². The number of nitrogens with zero attached hydrogens (tertiary/aromatic N) is 3. The summed E-state index contributed by atoms with van der Waals surface area (Å²) in [6.45, 7) is 2.74. The number of nitrogens with one attached hydrogen (secondary N) is 1. The number of aryl methyl sites for hydroxylation is 1. The fourth-order valence-electron chi connectivity index (χ4n) is 3.73. The highest BCUT2D eigenvalue weighted by Crippen LogP contribution is 2.30. The van der Waals surface area contributed by atoms with E-state index in [1.807, 2.05) is 36.1 Å². The summed E-state index contributed by atoms with van der Waals surface area (Å²) in [7, 11) is 0. The molecule has 1 unspecified atom stereocenters. The summed E-state index contributed by atoms with van der Waals surface area (Å²) in [6, 6.07) is 11.2. The molecule has 3 aromatic rings. The molecule has 3 heterocycles. The van der Waals surface area contributed by atoms with Gasteiger partial charge in [0.1, 0.15) is 0 Å². The molecule has 26 heavy (non-hydrogen) atoms. The molecule has 134 valence electrons. The summed E-state index contributed by atoms with van der Waals surface area (Å²) in [6.07, 6.45) is 4.94. The van der Waals surface area contributed by atoms with Gasteiger partial charge in [-0.3, -0.25) is 14.7 Å². The average Bonchev–Trinajstić information content (AvgIpc) is 3.13. The van der Waals surface area contributed by atoms with Gasteiger partial charge in [-0.2, -0.15) is 0 Å². The van der Waals surface area contributed by atoms with Crippen LogP contribution in [0.2, 0.25) is 0 Å². The Morgan fingerprint density at radius 1 is 1.27 bits per heavy atom. The maximum Gasteiger partial charge on any atom is 0.272 e. The van der Waals surface area contributed by atoms with Crippen molar-refractivity contribution in [1.29, 1.82) is 0 Å². The number of piperidine rings is 1. The van der Waals surface area contributed by atoms with Crippen molar-refractivity contribution in [3.05, 3.63) is 69.8 Å². The molecule has 1 saturated heterocycles. The van der Waals surface area contributed by atoms with E-state index in [0.717, 1.165) is 30.4 Å². The second kappa shape index (κ2) is 6.78. The van der Waals surface area contributed by atoms with Gasteiger partial charge in [-0.05, 0) is 37.3 Å². The molecule has 6 heteroatoms. The molecule has 6 nitrogen and oxygen atoms in total. The van der Waals surface area contributed by atoms with E-state index in [1.165, 1.54) is 4.52 Å². The van der Waals surface area contributed by atoms with E-state index < -0.39 is 0 Å². The van der Waals surface area contributed by atoms with E-state index in [4.69, 9.17) is 0 Å². The lowest BCUT2D eigenvalue weighted by Crippen LogP contribution is -2.40. The molecule has 1 aliphatic heterocycles. The molecule has 0 aliphatic carbocycles. The number of benzene rings is 1. The third-order valence-corrected chi connectivity index (χ3v) is 5.17. The number of fused-ring (bicyclic) bond motifs is 1. The van der Waals surface area contributed by atoms with E-state index >= 15 is 0 Å². The van der Waals surface area contributed by atoms with Crippen molar-refractivity contribution in [2.45, 2.75) is 38.6 Å². The summed E-state index contributed by atoms with van der Waals surface area (Å²) < 4.78 is 1.41. The highest BCUT2D eigenvalue weighted by atomic mass is 16.2. The predicted molar refractivity (Wildman–Crippen MR) is 99.0 cm³/mol. The first kappa shape index (κ1) is 16.6. The molecule has 1 atom stereocenters. The first-order valence-corrected chi connectivity index (χ1v) is 9.04. The van der Waals surface area contributed by atoms with Crippen LogP contribution in [0, 0.1) is 6.92 Å². The van der Waals surface area contributed by atoms with Gasteiger partial charge in [0, 0.05) is 24.9 Å². The zero-order chi connectivity index (χ0) is 18.1. The van der Waals surface area contributed by atoms with Crippen molar-refractivity contribution in [2.24, 2.45) is 0 Å². The van der Waals surface area contributed by atoms with Crippen molar-refractivity contribution >= 4 is 11.6 Å². The van der Waals surface area contributed by atoms with Crippen molar-refractivity contribution in [3.8, 4) is 0 Å². The topological polar surface area (TPSA) is 70.5 Å². The number of amides is 1. The Morgan fingerprint density at radius 2 is 2.12 bits per heavy atom. The standard InChI is InChI=1S/C20H22N4O2/c1-14-6-2-3-7-15(14)12-19(25)23-11-5-4-8-17(23)16-13-20(26)24-18(22-16)9-10-21-24/h2-3,6-7,9-10,13,17,21H,4-5,8,11-12H2,1H3. The van der Waals surface area contributed by atoms with E-state index in [2.05, 4.69) is 10.1 Å². The summed E-state index contributed by atoms with van der Waals surface area (Å²) >= 11 is 0. The zero-order valence-corrected chi connectivity index (χ0v) is 14.8. The minimum Gasteiger partial charge on any atom is -0.334 e. The predicted octanol–water partition coefficient (Wildman–Crippen LogP) is 2.63. The van der Waals surface area contributed by atoms with Crippen molar-refractivity contribution in [3.63, 3.8) is 0 Å². The summed E-state index contributed by atoms with van der Waals surface area (Å²) in [5.41, 5.74) is 3.30. The Kier molecular flexibility index (Phi) is 4.32. The molecule has 1 amide bonds. The molecule has 2 aromatic heterocycles. The van der Waals surface area contributed by atoms with Crippen molar-refractivity contribution in [2.75, 3.05) is 6.54 Å². The molecule has 1 fully saturated rings. The lowest BCUT2D eigenvalue weighted by molar-refractivity contribution is -0.134. The fraction of sp³-hybridized carbons (Fsp3) is 0.350. The van der Waals surface area contributed by atoms with Crippen LogP contribution in [-0.2, 0) is 11.2 Å². The Morgan fingerprint density at radius 3 is 2.96 bits per heavy atom. The lowest BCUT2D eigenvalue weighted by Gasteiger charge is -2.35. The molecular weight excluding hydrogens is 328 g/mol. The minimum absolute atomic E-state index is 0.0973. The highest BCUT2D eigenvalue weighted by Gasteiger charge is 2.29. The molecule has 1 aromatic carbocycles. The number of carbonyl (C=O) groups is 1. The van der Waals surface area contributed by atoms with Crippen LogP contribution in [0.1, 0.15) is 42.1 Å². The van der Waals surface area contributed by atoms with Crippen LogP contribution in [-0.4, -0.2) is 31.9 Å². The quantitative estimate of drug-likeness (QED) is 0.789. The Balaban J connectivity index is 1.64. The normalized spacial score (nSPS) is 17.6. The van der Waals surface area contributed by atoms with Crippen LogP contribution in [0.15, 0.2) is 47.4 Å². The van der Waals surface area contributed by atoms with Gasteiger partial charge in [-0.25, -0.2) is 9.50 Å². The van der Waals surface area contributed by atoms with Crippen molar-refractivity contribution < 1.29 is 4.79 Å². The van der Waals surface area contributed by atoms with E-state index in [-0.39, 0.29) is 17.5 Å². The maximum absolute atomic E-state index is 13.0. The number of hydrogen-bond donors (Lipinski definition) is 1. The van der Waals surface area contributed by atoms with Gasteiger partial charge in [0.25, 0.3) is 5.56 Å². The number of carbonyl (C=O) groups excluding carboxylic acids is 1. The first-order valence-electron chi connectivity index (χ1n) is 9.04. The van der Waals surface area contributed by atoms with Gasteiger partial charge >= 0.3 is 0 Å². The largest absolute Gasteiger partial charge is 0.334 e. The third kappa shape index (κ3) is 3.03. The minimum atomic E-state index is -0.146. The van der Waals surface area contributed by atoms with Crippen LogP contribution < -0.4 is 5.56 Å². The smallest absolute Gasteiger partial charge is 0.272 e. The summed E-state index contributed by atoms with van der Waals surface area (Å²) in [5.74, 6) is 0.0973. The monoisotopic (exact) mass is 350 g/mol. The van der Waals surface area contributed by atoms with Gasteiger partial charge in [0.15, 0.2) is 5.65 Å². The maximum atomic E-state index is 13.0. The molecule has 0 saturated carbocycles. The third-order valence-electron chi connectivity index (χ3n) is 5.17. The van der Waals surface area contributed by atoms with E-state index in [1.54, 1.807) is 18.3 Å². The fourth-order valence-corrected chi connectivity index (χ4v) is 3.73. The number of likely N-dealkylation sites (tertiary alicyclic amines) is 1. The molecule has 1 N–H and O–H groups in total. The first-order chi connectivity index (χ1) is 12.6. The molecular formula is C20H22N4O2. The molecule has 1 aliphatic rings. The van der Waals surface area contributed by atoms with Crippen LogP contribution in [0.5, 0.6) is 0 Å². The molecule has 0 bridgehead atoms. The van der Waals surface area contributed by atoms with E-state index in [0.29, 0.717) is 24.3 Å². The number of aromatic amines is 1. The highest BCUT2D eigenvalue weighted by molar-refractivity contribution is 5.79. The van der Waals surface area contributed by atoms with Crippen LogP contribution in [0.3, 0.4) is 0 Å². The second-order valence-electron chi connectivity index (χ2n) is 6.88. The van der Waals surface area contributed by atoms with Gasteiger partial charge in [0.05, 0.1) is 18.2 Å². The Hall–Kier alpha value is -2.89. The Labute approximate surface area is 151 Å². The molecule has 0 spiro atoms. The summed E-state index contributed by atoms with van der Waals surface area (Å²) in [4.78, 5) is 31.8. The number of H-pyrrole nitrogens is 1. The average molecular weight is 350 g/mol. The van der Waals surface area contributed by atoms with Crippen LogP contribution >= 0.6 is 0 Å². The van der Waals surface area contributed by atoms with Gasteiger partial charge in [-0.1, -0.05) is 24.3 Å². The van der Waals surface area contributed by atoms with Crippen LogP contribution in [0.4, 0.5) is 0 Å². The summed E-state index contributed by atoms with van der Waals surface area (Å²) in [5, 5.41) is 2.85. The number of hydrogen-bond acceptors (Lipinski definition) is 3. The van der Waals surface area contributed by atoms with Crippen molar-refractivity contribution in [1.82, 2.24) is 19.5 Å². The van der Waals surface area contributed by atoms with Gasteiger partial charge in [-0.15, -0.1) is 0 Å². The Bertz CT molecular complexity index is 1000. The van der Waals surface area contributed by atoms with Crippen LogP contribution in [0.25, 0.3) is 5.65 Å². The lowest BCUT2D eigenvalue weighted by atomic mass is 9.97. The van der Waals surface area contributed by atoms with Gasteiger partial charge < -0.3 is 4.90 Å². The molecule has 0 radical (unpaired) electrons. The SMILES string of the molecule is Cc1ccccc1CC(=O)N1CCCCC1c1cc(=O)n2[nH]ccc2n1. The second-order valence-corrected chi connectivity index (χ2v) is 6.88. The number of rotatable bonds is 3. The molecule has 4 rings (SSSR count). The van der Waals surface area contributed by atoms with E-state index in [9.17, 15) is 9.59 Å². The number of aromatic nitrogens is 3.